The van der Waals surface area contributed by atoms with Gasteiger partial charge in [-0.3, -0.25) is 4.79 Å². The van der Waals surface area contributed by atoms with Crippen LogP contribution in [0.1, 0.15) is 26.0 Å². The molecule has 0 fully saturated rings. The maximum atomic E-state index is 12.3. The van der Waals surface area contributed by atoms with Crippen molar-refractivity contribution in [2.75, 3.05) is 6.54 Å². The first-order valence-corrected chi connectivity index (χ1v) is 9.50. The van der Waals surface area contributed by atoms with E-state index in [4.69, 9.17) is 0 Å². The van der Waals surface area contributed by atoms with E-state index in [0.29, 0.717) is 6.54 Å². The number of fused-ring (bicyclic) bond motifs is 1. The van der Waals surface area contributed by atoms with Crippen LogP contribution in [0.4, 0.5) is 0 Å². The van der Waals surface area contributed by atoms with Gasteiger partial charge in [-0.05, 0) is 34.5 Å². The summed E-state index contributed by atoms with van der Waals surface area (Å²) in [6.07, 6.45) is 2.06. The van der Waals surface area contributed by atoms with E-state index in [9.17, 15) is 4.79 Å². The fourth-order valence-electron chi connectivity index (χ4n) is 2.93. The van der Waals surface area contributed by atoms with Crippen molar-refractivity contribution in [3.05, 3.63) is 80.8 Å². The highest BCUT2D eigenvalue weighted by Crippen LogP contribution is 2.32. The van der Waals surface area contributed by atoms with Gasteiger partial charge in [0.05, 0.1) is 4.88 Å². The van der Waals surface area contributed by atoms with Gasteiger partial charge in [0, 0.05) is 34.4 Å². The van der Waals surface area contributed by atoms with Crippen LogP contribution in [-0.2, 0) is 0 Å². The zero-order chi connectivity index (χ0) is 16.4. The predicted octanol–water partition coefficient (Wildman–Crippen LogP) is 4.85. The highest BCUT2D eigenvalue weighted by atomic mass is 32.1. The largest absolute Gasteiger partial charge is 0.361 e. The molecular formula is C19H16N2OS2. The number of nitrogens with one attached hydrogen (secondary N) is 2. The third kappa shape index (κ3) is 2.88. The molecule has 0 spiro atoms. The third-order valence-corrected chi connectivity index (χ3v) is 5.95. The van der Waals surface area contributed by atoms with Crippen LogP contribution >= 0.6 is 22.7 Å². The Morgan fingerprint density at radius 3 is 2.67 bits per heavy atom. The van der Waals surface area contributed by atoms with E-state index in [1.165, 1.54) is 27.2 Å². The standard InChI is InChI=1S/C19H16N2OS2/c22-19(18-8-4-10-24-18)21-12-15(17-7-3-9-23-17)14-11-20-16-6-2-1-5-13(14)16/h1-11,15,20H,12H2,(H,21,22)/t15-/m0/s1. The Morgan fingerprint density at radius 2 is 1.88 bits per heavy atom. The molecule has 1 amide bonds. The summed E-state index contributed by atoms with van der Waals surface area (Å²) in [6.45, 7) is 0.582. The van der Waals surface area contributed by atoms with Gasteiger partial charge in [0.25, 0.3) is 5.91 Å². The summed E-state index contributed by atoms with van der Waals surface area (Å²) in [5.74, 6) is 0.136. The monoisotopic (exact) mass is 352 g/mol. The summed E-state index contributed by atoms with van der Waals surface area (Å²) < 4.78 is 0. The van der Waals surface area contributed by atoms with E-state index >= 15 is 0 Å². The number of aromatic amines is 1. The molecule has 0 radical (unpaired) electrons. The Morgan fingerprint density at radius 1 is 1.04 bits per heavy atom. The quantitative estimate of drug-likeness (QED) is 0.530. The van der Waals surface area contributed by atoms with Gasteiger partial charge in [-0.2, -0.15) is 0 Å². The van der Waals surface area contributed by atoms with E-state index in [1.807, 2.05) is 23.6 Å². The lowest BCUT2D eigenvalue weighted by Gasteiger charge is -2.16. The normalized spacial score (nSPS) is 12.3. The molecule has 24 heavy (non-hydrogen) atoms. The van der Waals surface area contributed by atoms with Crippen molar-refractivity contribution in [3.63, 3.8) is 0 Å². The van der Waals surface area contributed by atoms with Crippen molar-refractivity contribution in [3.8, 4) is 0 Å². The molecule has 2 N–H and O–H groups in total. The molecule has 0 aliphatic heterocycles. The number of carbonyl (C=O) groups is 1. The van der Waals surface area contributed by atoms with E-state index < -0.39 is 0 Å². The number of benzene rings is 1. The van der Waals surface area contributed by atoms with Crippen LogP contribution in [0, 0.1) is 0 Å². The molecule has 0 unspecified atom stereocenters. The molecule has 120 valence electrons. The second kappa shape index (κ2) is 6.63. The number of hydrogen-bond acceptors (Lipinski definition) is 3. The summed E-state index contributed by atoms with van der Waals surface area (Å²) in [5, 5.41) is 8.30. The number of hydrogen-bond donors (Lipinski definition) is 2. The highest BCUT2D eigenvalue weighted by molar-refractivity contribution is 7.12. The summed E-state index contributed by atoms with van der Waals surface area (Å²) in [5.41, 5.74) is 2.35. The minimum atomic E-state index is -0.00797. The fourth-order valence-corrected chi connectivity index (χ4v) is 4.41. The van der Waals surface area contributed by atoms with Crippen LogP contribution in [0.3, 0.4) is 0 Å². The molecule has 3 nitrogen and oxygen atoms in total. The lowest BCUT2D eigenvalue weighted by Crippen LogP contribution is -2.28. The van der Waals surface area contributed by atoms with Gasteiger partial charge in [0.1, 0.15) is 0 Å². The number of carbonyl (C=O) groups excluding carboxylic acids is 1. The topological polar surface area (TPSA) is 44.9 Å². The predicted molar refractivity (Wildman–Crippen MR) is 101 cm³/mol. The molecule has 0 bridgehead atoms. The second-order valence-electron chi connectivity index (χ2n) is 5.54. The summed E-state index contributed by atoms with van der Waals surface area (Å²) in [4.78, 5) is 17.7. The minimum absolute atomic E-state index is 0.00797. The molecule has 5 heteroatoms. The molecule has 4 rings (SSSR count). The fraction of sp³-hybridized carbons (Fsp3) is 0.105. The van der Waals surface area contributed by atoms with Crippen molar-refractivity contribution in [2.45, 2.75) is 5.92 Å². The number of rotatable bonds is 5. The van der Waals surface area contributed by atoms with Crippen LogP contribution in [0.2, 0.25) is 0 Å². The molecule has 1 aromatic carbocycles. The third-order valence-electron chi connectivity index (χ3n) is 4.09. The van der Waals surface area contributed by atoms with Crippen LogP contribution in [0.25, 0.3) is 10.9 Å². The van der Waals surface area contributed by atoms with Crippen molar-refractivity contribution < 1.29 is 4.79 Å². The first-order valence-electron chi connectivity index (χ1n) is 7.74. The second-order valence-corrected chi connectivity index (χ2v) is 7.47. The minimum Gasteiger partial charge on any atom is -0.361 e. The Labute approximate surface area is 148 Å². The number of thiophene rings is 2. The Balaban J connectivity index is 1.64. The number of aromatic nitrogens is 1. The highest BCUT2D eigenvalue weighted by Gasteiger charge is 2.20. The number of amides is 1. The maximum Gasteiger partial charge on any atom is 0.261 e. The van der Waals surface area contributed by atoms with Gasteiger partial charge in [0.2, 0.25) is 0 Å². The lowest BCUT2D eigenvalue weighted by atomic mass is 9.96. The van der Waals surface area contributed by atoms with Gasteiger partial charge in [-0.25, -0.2) is 0 Å². The van der Waals surface area contributed by atoms with Crippen molar-refractivity contribution in [2.24, 2.45) is 0 Å². The van der Waals surface area contributed by atoms with Crippen LogP contribution < -0.4 is 5.32 Å². The first-order chi connectivity index (χ1) is 11.8. The molecule has 1 atom stereocenters. The molecule has 3 aromatic heterocycles. The average molecular weight is 352 g/mol. The van der Waals surface area contributed by atoms with Gasteiger partial charge >= 0.3 is 0 Å². The van der Waals surface area contributed by atoms with E-state index in [-0.39, 0.29) is 11.8 Å². The van der Waals surface area contributed by atoms with Gasteiger partial charge in [0.15, 0.2) is 0 Å². The SMILES string of the molecule is O=C(NC[C@H](c1cccs1)c1c[nH]c2ccccc12)c1cccs1. The number of para-hydroxylation sites is 1. The molecule has 3 heterocycles. The van der Waals surface area contributed by atoms with Crippen LogP contribution in [-0.4, -0.2) is 17.4 Å². The molecule has 0 saturated carbocycles. The van der Waals surface area contributed by atoms with Crippen molar-refractivity contribution in [1.29, 1.82) is 0 Å². The first kappa shape index (κ1) is 15.2. The molecule has 4 aromatic rings. The summed E-state index contributed by atoms with van der Waals surface area (Å²) >= 11 is 3.19. The average Bonchev–Trinajstić information content (AvgIpc) is 3.37. The zero-order valence-electron chi connectivity index (χ0n) is 12.9. The van der Waals surface area contributed by atoms with Gasteiger partial charge < -0.3 is 10.3 Å². The zero-order valence-corrected chi connectivity index (χ0v) is 14.5. The maximum absolute atomic E-state index is 12.3. The molecular weight excluding hydrogens is 336 g/mol. The van der Waals surface area contributed by atoms with Crippen molar-refractivity contribution >= 4 is 39.5 Å². The smallest absolute Gasteiger partial charge is 0.261 e. The summed E-state index contributed by atoms with van der Waals surface area (Å²) in [7, 11) is 0. The molecule has 0 aliphatic carbocycles. The Hall–Kier alpha value is -2.37. The Bertz CT molecular complexity index is 939. The number of H-pyrrole nitrogens is 1. The van der Waals surface area contributed by atoms with Crippen molar-refractivity contribution in [1.82, 2.24) is 10.3 Å². The summed E-state index contributed by atoms with van der Waals surface area (Å²) in [6, 6.07) is 16.2. The van der Waals surface area contributed by atoms with E-state index in [2.05, 4.69) is 52.2 Å². The van der Waals surface area contributed by atoms with Gasteiger partial charge in [-0.1, -0.05) is 30.3 Å². The Kier molecular flexibility index (Phi) is 4.19. The van der Waals surface area contributed by atoms with E-state index in [0.717, 1.165) is 10.4 Å². The van der Waals surface area contributed by atoms with Crippen LogP contribution in [0.5, 0.6) is 0 Å². The lowest BCUT2D eigenvalue weighted by molar-refractivity contribution is 0.0956. The molecule has 0 saturated heterocycles. The van der Waals surface area contributed by atoms with E-state index in [1.54, 1.807) is 11.3 Å². The van der Waals surface area contributed by atoms with Crippen LogP contribution in [0.15, 0.2) is 65.5 Å². The van der Waals surface area contributed by atoms with Gasteiger partial charge in [-0.15, -0.1) is 22.7 Å². The molecule has 0 aliphatic rings.